The fourth-order valence-corrected chi connectivity index (χ4v) is 6.33. The zero-order valence-electron chi connectivity index (χ0n) is 22.0. The van der Waals surface area contributed by atoms with Crippen molar-refractivity contribution in [1.82, 2.24) is 14.9 Å². The number of benzene rings is 1. The molecule has 1 aliphatic carbocycles. The maximum atomic E-state index is 13.7. The van der Waals surface area contributed by atoms with Gasteiger partial charge in [-0.2, -0.15) is 0 Å². The molecule has 0 spiro atoms. The molecule has 1 amide bonds. The average Bonchev–Trinajstić information content (AvgIpc) is 3.28. The summed E-state index contributed by atoms with van der Waals surface area (Å²) in [5.74, 6) is -1.18. The summed E-state index contributed by atoms with van der Waals surface area (Å²) < 4.78 is 6.81. The van der Waals surface area contributed by atoms with Crippen LogP contribution in [0.15, 0.2) is 16.9 Å². The van der Waals surface area contributed by atoms with Gasteiger partial charge in [0.05, 0.1) is 35.1 Å². The summed E-state index contributed by atoms with van der Waals surface area (Å²) in [5.41, 5.74) is 5.48. The largest absolute Gasteiger partial charge is 0.458 e. The summed E-state index contributed by atoms with van der Waals surface area (Å²) in [6.07, 6.45) is 0.697. The topological polar surface area (TPSA) is 131 Å². The molecule has 1 aromatic carbocycles. The third-order valence-electron chi connectivity index (χ3n) is 8.71. The van der Waals surface area contributed by atoms with Crippen molar-refractivity contribution in [3.63, 3.8) is 0 Å². The summed E-state index contributed by atoms with van der Waals surface area (Å²) in [4.78, 5) is 44.0. The third kappa shape index (κ3) is 3.24. The zero-order valence-corrected chi connectivity index (χ0v) is 22.0. The van der Waals surface area contributed by atoms with Crippen LogP contribution >= 0.6 is 0 Å². The first-order valence-electron chi connectivity index (χ1n) is 13.2. The van der Waals surface area contributed by atoms with Crippen LogP contribution in [0.5, 0.6) is 0 Å². The molecule has 2 aromatic heterocycles. The molecule has 4 heterocycles. The minimum Gasteiger partial charge on any atom is -0.458 e. The lowest BCUT2D eigenvalue weighted by molar-refractivity contribution is -0.172. The van der Waals surface area contributed by atoms with Crippen molar-refractivity contribution in [2.75, 3.05) is 0 Å². The maximum absolute atomic E-state index is 13.7. The van der Waals surface area contributed by atoms with Gasteiger partial charge in [0, 0.05) is 16.5 Å². The third-order valence-corrected chi connectivity index (χ3v) is 8.71. The van der Waals surface area contributed by atoms with Crippen molar-refractivity contribution in [1.29, 1.82) is 0 Å². The van der Waals surface area contributed by atoms with E-state index >= 15 is 0 Å². The second kappa shape index (κ2) is 8.47. The number of esters is 1. The number of fused-ring (bicyclic) bond motifs is 5. The molecule has 198 valence electrons. The number of aromatic nitrogens is 2. The van der Waals surface area contributed by atoms with Gasteiger partial charge in [-0.15, -0.1) is 0 Å². The lowest BCUT2D eigenvalue weighted by atomic mass is 9.80. The average molecular weight is 518 g/mol. The van der Waals surface area contributed by atoms with E-state index in [1.807, 2.05) is 13.0 Å². The number of cyclic esters (lactones) is 1. The van der Waals surface area contributed by atoms with Gasteiger partial charge >= 0.3 is 5.97 Å². The molecule has 0 saturated heterocycles. The van der Waals surface area contributed by atoms with Crippen molar-refractivity contribution >= 4 is 22.8 Å². The van der Waals surface area contributed by atoms with Gasteiger partial charge in [0.15, 0.2) is 5.60 Å². The Morgan fingerprint density at radius 1 is 1.24 bits per heavy atom. The van der Waals surface area contributed by atoms with Gasteiger partial charge in [0.2, 0.25) is 5.91 Å². The monoisotopic (exact) mass is 517 g/mol. The Balaban J connectivity index is 1.63. The van der Waals surface area contributed by atoms with E-state index in [-0.39, 0.29) is 42.3 Å². The molecule has 3 N–H and O–H groups in total. The second-order valence-electron chi connectivity index (χ2n) is 10.7. The van der Waals surface area contributed by atoms with Crippen molar-refractivity contribution < 1.29 is 24.5 Å². The summed E-state index contributed by atoms with van der Waals surface area (Å²) in [7, 11) is 0. The molecule has 2 aliphatic heterocycles. The fraction of sp³-hybridized carbons (Fsp3) is 0.448. The fourth-order valence-electron chi connectivity index (χ4n) is 6.33. The van der Waals surface area contributed by atoms with E-state index in [0.717, 1.165) is 34.0 Å². The van der Waals surface area contributed by atoms with Gasteiger partial charge in [-0.05, 0) is 73.9 Å². The van der Waals surface area contributed by atoms with Gasteiger partial charge in [-0.1, -0.05) is 13.8 Å². The van der Waals surface area contributed by atoms with Gasteiger partial charge in [0.25, 0.3) is 5.56 Å². The van der Waals surface area contributed by atoms with Crippen LogP contribution in [0.25, 0.3) is 22.3 Å². The van der Waals surface area contributed by atoms with Crippen LogP contribution in [-0.4, -0.2) is 37.7 Å². The zero-order chi connectivity index (χ0) is 27.1. The number of aryl methyl sites for hydroxylation is 2. The Labute approximate surface area is 219 Å². The number of amides is 1. The molecule has 9 nitrogen and oxygen atoms in total. The number of nitrogens with zero attached hydrogens (tertiary/aromatic N) is 2. The first-order chi connectivity index (χ1) is 18.1. The van der Waals surface area contributed by atoms with Crippen LogP contribution < -0.4 is 10.9 Å². The molecule has 3 atom stereocenters. The molecule has 6 rings (SSSR count). The van der Waals surface area contributed by atoms with E-state index in [1.165, 1.54) is 11.1 Å². The highest BCUT2D eigenvalue weighted by molar-refractivity contribution is 5.94. The van der Waals surface area contributed by atoms with Gasteiger partial charge < -0.3 is 24.8 Å². The van der Waals surface area contributed by atoms with Gasteiger partial charge in [0.1, 0.15) is 12.7 Å². The Morgan fingerprint density at radius 2 is 2.00 bits per heavy atom. The van der Waals surface area contributed by atoms with Crippen molar-refractivity contribution in [3.8, 4) is 11.4 Å². The molecule has 0 saturated carbocycles. The highest BCUT2D eigenvalue weighted by Crippen LogP contribution is 2.46. The minimum atomic E-state index is -1.90. The molecular weight excluding hydrogens is 486 g/mol. The van der Waals surface area contributed by atoms with Gasteiger partial charge in [-0.25, -0.2) is 9.78 Å². The smallest absolute Gasteiger partial charge is 0.343 e. The lowest BCUT2D eigenvalue weighted by Crippen LogP contribution is -2.44. The second-order valence-corrected chi connectivity index (χ2v) is 10.7. The standard InChI is InChI=1S/C29H31N3O6/c1-5-22(33)26(34)31-19-8-7-15-14(4)13(3)9-20-23(15)24(19)16-11-32-21(25(16)30-20)10-18-17(27(32)35)12-38-28(36)29(18,37)6-2/h9-10,19,22,33,37H,5-8,11-12H2,1-4H3,(H,31,34)/t19-,22+,29-/m0/s1. The summed E-state index contributed by atoms with van der Waals surface area (Å²) >= 11 is 0. The number of aliphatic hydroxyl groups is 2. The number of rotatable bonds is 4. The number of aliphatic hydroxyl groups excluding tert-OH is 1. The Hall–Kier alpha value is -3.56. The maximum Gasteiger partial charge on any atom is 0.343 e. The number of hydrogen-bond acceptors (Lipinski definition) is 7. The minimum absolute atomic E-state index is 0.0701. The first-order valence-corrected chi connectivity index (χ1v) is 13.2. The van der Waals surface area contributed by atoms with E-state index in [4.69, 9.17) is 9.72 Å². The summed E-state index contributed by atoms with van der Waals surface area (Å²) in [6, 6.07) is 3.38. The number of hydrogen-bond donors (Lipinski definition) is 3. The lowest BCUT2D eigenvalue weighted by Gasteiger charge is -2.31. The Bertz CT molecular complexity index is 1620. The number of nitrogens with one attached hydrogen (secondary N) is 1. The number of ether oxygens (including phenoxy) is 1. The molecule has 0 unspecified atom stereocenters. The highest BCUT2D eigenvalue weighted by Gasteiger charge is 2.46. The molecule has 3 aliphatic rings. The van der Waals surface area contributed by atoms with Crippen molar-refractivity contribution in [2.45, 2.75) is 84.3 Å². The Morgan fingerprint density at radius 3 is 2.71 bits per heavy atom. The van der Waals surface area contributed by atoms with Crippen LogP contribution in [0.2, 0.25) is 0 Å². The normalized spacial score (nSPS) is 21.9. The number of pyridine rings is 2. The molecule has 0 bridgehead atoms. The Kier molecular flexibility index (Phi) is 5.52. The number of carbonyl (C=O) groups is 2. The van der Waals surface area contributed by atoms with Crippen LogP contribution in [0.3, 0.4) is 0 Å². The van der Waals surface area contributed by atoms with E-state index < -0.39 is 23.6 Å². The predicted octanol–water partition coefficient (Wildman–Crippen LogP) is 2.57. The van der Waals surface area contributed by atoms with Crippen LogP contribution in [0.4, 0.5) is 0 Å². The highest BCUT2D eigenvalue weighted by atomic mass is 16.6. The summed E-state index contributed by atoms with van der Waals surface area (Å²) in [5, 5.41) is 25.4. The van der Waals surface area contributed by atoms with Crippen LogP contribution in [-0.2, 0) is 39.5 Å². The molecule has 0 fully saturated rings. The van der Waals surface area contributed by atoms with E-state index in [9.17, 15) is 24.6 Å². The van der Waals surface area contributed by atoms with Crippen LogP contribution in [0.1, 0.15) is 78.1 Å². The molecular formula is C29H31N3O6. The SMILES string of the molecule is CC[C@@H](O)C(=O)N[C@H]1CCc2c(C)c(C)cc3nc4c(c1c23)Cn1c-4cc2c(c1=O)COC(=O)[C@]2(O)CC. The molecule has 38 heavy (non-hydrogen) atoms. The molecule has 0 radical (unpaired) electrons. The van der Waals surface area contributed by atoms with Crippen molar-refractivity contribution in [3.05, 3.63) is 61.4 Å². The molecule has 3 aromatic rings. The summed E-state index contributed by atoms with van der Waals surface area (Å²) in [6.45, 7) is 7.64. The number of carbonyl (C=O) groups excluding carboxylic acids is 2. The van der Waals surface area contributed by atoms with E-state index in [1.54, 1.807) is 24.5 Å². The van der Waals surface area contributed by atoms with Crippen molar-refractivity contribution in [2.24, 2.45) is 0 Å². The quantitative estimate of drug-likeness (QED) is 0.355. The molecule has 9 heteroatoms. The first kappa shape index (κ1) is 24.8. The van der Waals surface area contributed by atoms with E-state index in [0.29, 0.717) is 24.2 Å². The van der Waals surface area contributed by atoms with E-state index in [2.05, 4.69) is 12.2 Å². The van der Waals surface area contributed by atoms with Gasteiger partial charge in [-0.3, -0.25) is 9.59 Å². The predicted molar refractivity (Wildman–Crippen MR) is 140 cm³/mol. The van der Waals surface area contributed by atoms with Crippen LogP contribution in [0, 0.1) is 13.8 Å².